The van der Waals surface area contributed by atoms with E-state index in [9.17, 15) is 4.79 Å². The molecule has 0 spiro atoms. The topological polar surface area (TPSA) is 51.5 Å². The lowest BCUT2D eigenvalue weighted by atomic mass is 10.0. The quantitative estimate of drug-likeness (QED) is 0.158. The van der Waals surface area contributed by atoms with Gasteiger partial charge in [-0.1, -0.05) is 42.6 Å². The Bertz CT molecular complexity index is 1320. The Morgan fingerprint density at radius 1 is 1.06 bits per heavy atom. The van der Waals surface area contributed by atoms with Crippen LogP contribution in [0.1, 0.15) is 30.9 Å². The second kappa shape index (κ2) is 11.9. The fourth-order valence-corrected chi connectivity index (χ4v) is 5.43. The maximum Gasteiger partial charge on any atom is 0.307 e. The Morgan fingerprint density at radius 2 is 1.86 bits per heavy atom. The lowest BCUT2D eigenvalue weighted by Crippen LogP contribution is -2.02. The second-order valence-electron chi connectivity index (χ2n) is 8.27. The largest absolute Gasteiger partial charge is 0.493 e. The highest BCUT2D eigenvalue weighted by molar-refractivity contribution is 7.99. The van der Waals surface area contributed by atoms with Gasteiger partial charge >= 0.3 is 5.97 Å². The third-order valence-electron chi connectivity index (χ3n) is 5.70. The van der Waals surface area contributed by atoms with Crippen LogP contribution in [0, 0.1) is 0 Å². The molecule has 0 saturated carbocycles. The molecule has 0 aliphatic carbocycles. The Labute approximate surface area is 219 Å². The van der Waals surface area contributed by atoms with Crippen LogP contribution < -0.4 is 4.74 Å². The molecule has 1 heterocycles. The van der Waals surface area contributed by atoms with Crippen molar-refractivity contribution in [3.05, 3.63) is 88.0 Å². The van der Waals surface area contributed by atoms with Gasteiger partial charge in [0.05, 0.1) is 23.6 Å². The number of fused-ring (bicyclic) bond motifs is 1. The average molecular weight is 529 g/mol. The first-order valence-corrected chi connectivity index (χ1v) is 13.3. The number of nitrogens with zero attached hydrogens (tertiary/aromatic N) is 1. The molecule has 182 valence electrons. The molecule has 0 amide bonds. The molecule has 1 aromatic heterocycles. The van der Waals surface area contributed by atoms with Crippen LogP contribution in [-0.4, -0.2) is 28.0 Å². The predicted molar refractivity (Wildman–Crippen MR) is 146 cm³/mol. The molecule has 4 nitrogen and oxygen atoms in total. The van der Waals surface area contributed by atoms with Gasteiger partial charge in [-0.05, 0) is 73.0 Å². The Kier molecular flexibility index (Phi) is 8.66. The molecule has 0 atom stereocenters. The number of aromatic nitrogens is 1. The maximum atomic E-state index is 10.9. The summed E-state index contributed by atoms with van der Waals surface area (Å²) in [6, 6.07) is 19.7. The van der Waals surface area contributed by atoms with Crippen molar-refractivity contribution in [2.24, 2.45) is 0 Å². The van der Waals surface area contributed by atoms with Gasteiger partial charge in [0.1, 0.15) is 5.75 Å². The molecule has 3 aromatic carbocycles. The van der Waals surface area contributed by atoms with Crippen LogP contribution in [0.15, 0.2) is 71.8 Å². The number of hydrogen-bond donors (Lipinski definition) is 1. The summed E-state index contributed by atoms with van der Waals surface area (Å²) >= 11 is 14.1. The lowest BCUT2D eigenvalue weighted by molar-refractivity contribution is -0.136. The van der Waals surface area contributed by atoms with Crippen LogP contribution in [0.2, 0.25) is 10.0 Å². The van der Waals surface area contributed by atoms with Crippen molar-refractivity contribution in [3.8, 4) is 11.4 Å². The van der Waals surface area contributed by atoms with E-state index in [1.54, 1.807) is 17.8 Å². The highest BCUT2D eigenvalue weighted by Crippen LogP contribution is 2.33. The van der Waals surface area contributed by atoms with Gasteiger partial charge in [-0.15, -0.1) is 11.8 Å². The van der Waals surface area contributed by atoms with Gasteiger partial charge in [0.25, 0.3) is 0 Å². The fourth-order valence-electron chi connectivity index (χ4n) is 4.10. The summed E-state index contributed by atoms with van der Waals surface area (Å²) in [4.78, 5) is 11.8. The van der Waals surface area contributed by atoms with Gasteiger partial charge in [0.2, 0.25) is 0 Å². The van der Waals surface area contributed by atoms with Crippen LogP contribution in [0.25, 0.3) is 16.6 Å². The second-order valence-corrected chi connectivity index (χ2v) is 10.3. The van der Waals surface area contributed by atoms with Crippen LogP contribution in [0.4, 0.5) is 0 Å². The molecule has 7 heteroatoms. The van der Waals surface area contributed by atoms with E-state index in [0.717, 1.165) is 51.9 Å². The standard InChI is InChI=1S/C28H27Cl2NO3S/c1-2-4-23-22-13-14-31(21-8-6-20(29)7-9-21)25(22)10-11-26(23)34-15-3-16-35-27-12-5-19(17-24(27)30)18-28(32)33/h5-14,17H,2-4,15-16,18H2,1H3,(H,32,33). The smallest absolute Gasteiger partial charge is 0.307 e. The van der Waals surface area contributed by atoms with Crippen molar-refractivity contribution in [1.82, 2.24) is 4.57 Å². The van der Waals surface area contributed by atoms with E-state index in [4.69, 9.17) is 33.0 Å². The Hall–Kier alpha value is -2.60. The fraction of sp³-hybridized carbons (Fsp3) is 0.250. The molecule has 0 unspecified atom stereocenters. The van der Waals surface area contributed by atoms with Crippen molar-refractivity contribution in [3.63, 3.8) is 0 Å². The predicted octanol–water partition coefficient (Wildman–Crippen LogP) is 8.08. The summed E-state index contributed by atoms with van der Waals surface area (Å²) in [6.45, 7) is 2.79. The molecule has 35 heavy (non-hydrogen) atoms. The molecule has 0 aliphatic rings. The van der Waals surface area contributed by atoms with E-state index in [1.165, 1.54) is 10.9 Å². The molecular formula is C28H27Cl2NO3S. The number of hydrogen-bond acceptors (Lipinski definition) is 3. The Balaban J connectivity index is 1.40. The molecule has 0 bridgehead atoms. The first kappa shape index (κ1) is 25.5. The summed E-state index contributed by atoms with van der Waals surface area (Å²) in [6.07, 6.45) is 4.93. The number of carboxylic acids is 1. The van der Waals surface area contributed by atoms with Crippen LogP contribution in [0.5, 0.6) is 5.75 Å². The van der Waals surface area contributed by atoms with Gasteiger partial charge < -0.3 is 14.4 Å². The van der Waals surface area contributed by atoms with E-state index in [0.29, 0.717) is 17.2 Å². The van der Waals surface area contributed by atoms with Gasteiger partial charge in [-0.3, -0.25) is 4.79 Å². The number of halogens is 2. The number of thioether (sulfide) groups is 1. The minimum atomic E-state index is -0.860. The average Bonchev–Trinajstić information content (AvgIpc) is 3.26. The molecule has 0 saturated heterocycles. The van der Waals surface area contributed by atoms with E-state index in [2.05, 4.69) is 35.9 Å². The summed E-state index contributed by atoms with van der Waals surface area (Å²) in [7, 11) is 0. The maximum absolute atomic E-state index is 10.9. The van der Waals surface area contributed by atoms with Crippen LogP contribution >= 0.6 is 35.0 Å². The van der Waals surface area contributed by atoms with Gasteiger partial charge in [-0.2, -0.15) is 0 Å². The Morgan fingerprint density at radius 3 is 2.57 bits per heavy atom. The summed E-state index contributed by atoms with van der Waals surface area (Å²) < 4.78 is 8.40. The monoisotopic (exact) mass is 527 g/mol. The lowest BCUT2D eigenvalue weighted by Gasteiger charge is -2.14. The zero-order valence-corrected chi connectivity index (χ0v) is 21.8. The van der Waals surface area contributed by atoms with Crippen LogP contribution in [-0.2, 0) is 17.6 Å². The number of rotatable bonds is 11. The molecule has 0 radical (unpaired) electrons. The van der Waals surface area contributed by atoms with Crippen molar-refractivity contribution in [1.29, 1.82) is 0 Å². The summed E-state index contributed by atoms with van der Waals surface area (Å²) in [5, 5.41) is 11.5. The first-order valence-electron chi connectivity index (χ1n) is 11.6. The van der Waals surface area contributed by atoms with Gasteiger partial charge in [-0.25, -0.2) is 0 Å². The minimum absolute atomic E-state index is 0.0218. The van der Waals surface area contributed by atoms with E-state index in [1.807, 2.05) is 36.4 Å². The zero-order chi connectivity index (χ0) is 24.8. The number of ether oxygens (including phenoxy) is 1. The van der Waals surface area contributed by atoms with Crippen molar-refractivity contribution in [2.45, 2.75) is 37.5 Å². The highest BCUT2D eigenvalue weighted by atomic mass is 35.5. The number of benzene rings is 3. The highest BCUT2D eigenvalue weighted by Gasteiger charge is 2.13. The normalized spacial score (nSPS) is 11.2. The third kappa shape index (κ3) is 6.35. The van der Waals surface area contributed by atoms with Gasteiger partial charge in [0.15, 0.2) is 0 Å². The SMILES string of the molecule is CCCc1c(OCCCSc2ccc(CC(=O)O)cc2Cl)ccc2c1ccn2-c1ccc(Cl)cc1. The van der Waals surface area contributed by atoms with E-state index < -0.39 is 5.97 Å². The van der Waals surface area contributed by atoms with Crippen molar-refractivity contribution < 1.29 is 14.6 Å². The first-order chi connectivity index (χ1) is 17.0. The summed E-state index contributed by atoms with van der Waals surface area (Å²) in [5.41, 5.74) is 4.17. The van der Waals surface area contributed by atoms with Gasteiger partial charge in [0, 0.05) is 38.5 Å². The molecule has 4 rings (SSSR count). The molecule has 1 N–H and O–H groups in total. The van der Waals surface area contributed by atoms with Crippen molar-refractivity contribution >= 4 is 51.8 Å². The molecular weight excluding hydrogens is 501 g/mol. The zero-order valence-electron chi connectivity index (χ0n) is 19.5. The van der Waals surface area contributed by atoms with E-state index >= 15 is 0 Å². The molecule has 0 aliphatic heterocycles. The van der Waals surface area contributed by atoms with Crippen LogP contribution in [0.3, 0.4) is 0 Å². The number of carboxylic acid groups (broad SMARTS) is 1. The van der Waals surface area contributed by atoms with Crippen molar-refractivity contribution in [2.75, 3.05) is 12.4 Å². The third-order valence-corrected chi connectivity index (χ3v) is 7.54. The minimum Gasteiger partial charge on any atom is -0.493 e. The number of carbonyl (C=O) groups is 1. The number of aryl methyl sites for hydroxylation is 1. The molecule has 4 aromatic rings. The van der Waals surface area contributed by atoms with E-state index in [-0.39, 0.29) is 6.42 Å². The molecule has 0 fully saturated rings. The number of aliphatic carboxylic acids is 1. The summed E-state index contributed by atoms with van der Waals surface area (Å²) in [5.74, 6) is 0.936.